The number of aromatic nitrogens is 1. The third kappa shape index (κ3) is 2.50. The summed E-state index contributed by atoms with van der Waals surface area (Å²) in [4.78, 5) is 15.3. The molecule has 1 aromatic heterocycles. The molecule has 0 aliphatic rings. The van der Waals surface area contributed by atoms with E-state index in [1.54, 1.807) is 5.38 Å². The first-order chi connectivity index (χ1) is 8.11. The van der Waals surface area contributed by atoms with Crippen LogP contribution in [0.2, 0.25) is 0 Å². The van der Waals surface area contributed by atoms with Gasteiger partial charge in [-0.3, -0.25) is 4.79 Å². The van der Waals surface area contributed by atoms with Crippen LogP contribution < -0.4 is 0 Å². The summed E-state index contributed by atoms with van der Waals surface area (Å²) in [6.45, 7) is 0. The molecular weight excluding hydrogens is 268 g/mol. The Morgan fingerprint density at radius 1 is 1.35 bits per heavy atom. The van der Waals surface area contributed by atoms with Crippen molar-refractivity contribution in [2.75, 3.05) is 5.88 Å². The maximum absolute atomic E-state index is 13.0. The molecule has 1 aromatic carbocycles. The van der Waals surface area contributed by atoms with Crippen molar-refractivity contribution in [1.82, 2.24) is 4.98 Å². The number of ketones is 1. The molecule has 0 aliphatic carbocycles. The van der Waals surface area contributed by atoms with Crippen molar-refractivity contribution in [3.63, 3.8) is 0 Å². The summed E-state index contributed by atoms with van der Waals surface area (Å²) >= 11 is 6.52. The van der Waals surface area contributed by atoms with E-state index in [1.807, 2.05) is 0 Å². The lowest BCUT2D eigenvalue weighted by Crippen LogP contribution is -1.98. The molecule has 6 heteroatoms. The third-order valence-electron chi connectivity index (χ3n) is 2.08. The summed E-state index contributed by atoms with van der Waals surface area (Å²) in [6.07, 6.45) is 0. The summed E-state index contributed by atoms with van der Waals surface area (Å²) in [5, 5.41) is 1.87. The Morgan fingerprint density at radius 2 is 2.12 bits per heavy atom. The van der Waals surface area contributed by atoms with Gasteiger partial charge in [-0.25, -0.2) is 13.8 Å². The second-order valence-electron chi connectivity index (χ2n) is 3.22. The number of alkyl halides is 1. The number of hydrogen-bond donors (Lipinski definition) is 0. The number of halogens is 3. The minimum atomic E-state index is -0.944. The van der Waals surface area contributed by atoms with Gasteiger partial charge in [-0.05, 0) is 18.2 Å². The van der Waals surface area contributed by atoms with Crippen LogP contribution in [-0.2, 0) is 0 Å². The smallest absolute Gasteiger partial charge is 0.206 e. The average molecular weight is 274 g/mol. The molecule has 88 valence electrons. The number of Topliss-reactive ketones (excluding diaryl/α,β-unsaturated/α-hetero) is 1. The normalized spacial score (nSPS) is 10.5. The lowest BCUT2D eigenvalue weighted by Gasteiger charge is -1.97. The van der Waals surface area contributed by atoms with Gasteiger partial charge >= 0.3 is 0 Å². The molecule has 2 nitrogen and oxygen atoms in total. The van der Waals surface area contributed by atoms with E-state index in [0.29, 0.717) is 11.3 Å². The molecule has 0 bridgehead atoms. The number of hydrogen-bond acceptors (Lipinski definition) is 3. The van der Waals surface area contributed by atoms with Crippen LogP contribution in [0.25, 0.3) is 11.3 Å². The van der Waals surface area contributed by atoms with Crippen molar-refractivity contribution in [1.29, 1.82) is 0 Å². The molecule has 0 saturated carbocycles. The van der Waals surface area contributed by atoms with Crippen LogP contribution in [0.3, 0.4) is 0 Å². The zero-order valence-electron chi connectivity index (χ0n) is 8.41. The SMILES string of the molecule is O=C(CCl)c1nc(-c2ccc(F)c(F)c2)cs1. The van der Waals surface area contributed by atoms with Crippen LogP contribution in [0.1, 0.15) is 9.80 Å². The fraction of sp³-hybridized carbons (Fsp3) is 0.0909. The Hall–Kier alpha value is -1.33. The number of thiazole rings is 1. The first-order valence-corrected chi connectivity index (χ1v) is 6.03. The molecule has 0 radical (unpaired) electrons. The summed E-state index contributed by atoms with van der Waals surface area (Å²) in [5.74, 6) is -2.29. The topological polar surface area (TPSA) is 30.0 Å². The Balaban J connectivity index is 2.37. The van der Waals surface area contributed by atoms with Gasteiger partial charge < -0.3 is 0 Å². The highest BCUT2D eigenvalue weighted by molar-refractivity contribution is 7.12. The van der Waals surface area contributed by atoms with Gasteiger partial charge in [-0.1, -0.05) is 0 Å². The highest BCUT2D eigenvalue weighted by atomic mass is 35.5. The van der Waals surface area contributed by atoms with Crippen LogP contribution in [0.15, 0.2) is 23.6 Å². The van der Waals surface area contributed by atoms with E-state index in [2.05, 4.69) is 4.98 Å². The minimum Gasteiger partial charge on any atom is -0.290 e. The Bertz CT molecular complexity index is 570. The van der Waals surface area contributed by atoms with Crippen molar-refractivity contribution in [2.45, 2.75) is 0 Å². The monoisotopic (exact) mass is 273 g/mol. The molecule has 2 rings (SSSR count). The quantitative estimate of drug-likeness (QED) is 0.633. The van der Waals surface area contributed by atoms with Gasteiger partial charge in [0, 0.05) is 10.9 Å². The van der Waals surface area contributed by atoms with Crippen LogP contribution >= 0.6 is 22.9 Å². The van der Waals surface area contributed by atoms with E-state index in [4.69, 9.17) is 11.6 Å². The van der Waals surface area contributed by atoms with Crippen molar-refractivity contribution in [3.8, 4) is 11.3 Å². The fourth-order valence-corrected chi connectivity index (χ4v) is 2.22. The molecule has 0 amide bonds. The van der Waals surface area contributed by atoms with Gasteiger partial charge in [-0.2, -0.15) is 0 Å². The molecule has 2 aromatic rings. The maximum atomic E-state index is 13.0. The second kappa shape index (κ2) is 4.89. The predicted molar refractivity (Wildman–Crippen MR) is 62.5 cm³/mol. The number of carbonyl (C=O) groups excluding carboxylic acids is 1. The highest BCUT2D eigenvalue weighted by Crippen LogP contribution is 2.23. The lowest BCUT2D eigenvalue weighted by atomic mass is 10.1. The number of carbonyl (C=O) groups is 1. The van der Waals surface area contributed by atoms with Crippen molar-refractivity contribution >= 4 is 28.7 Å². The van der Waals surface area contributed by atoms with Crippen molar-refractivity contribution in [2.24, 2.45) is 0 Å². The lowest BCUT2D eigenvalue weighted by molar-refractivity contribution is 0.102. The second-order valence-corrected chi connectivity index (χ2v) is 4.35. The summed E-state index contributed by atoms with van der Waals surface area (Å²) < 4.78 is 25.7. The zero-order valence-corrected chi connectivity index (χ0v) is 9.99. The van der Waals surface area contributed by atoms with E-state index in [1.165, 1.54) is 6.07 Å². The van der Waals surface area contributed by atoms with Gasteiger partial charge in [0.25, 0.3) is 0 Å². The first-order valence-electron chi connectivity index (χ1n) is 4.62. The number of rotatable bonds is 3. The minimum absolute atomic E-state index is 0.148. The molecule has 1 heterocycles. The van der Waals surface area contributed by atoms with E-state index in [-0.39, 0.29) is 16.7 Å². The van der Waals surface area contributed by atoms with E-state index in [9.17, 15) is 13.6 Å². The Kier molecular flexibility index (Phi) is 3.49. The van der Waals surface area contributed by atoms with Crippen molar-refractivity contribution in [3.05, 3.63) is 40.2 Å². The van der Waals surface area contributed by atoms with E-state index >= 15 is 0 Å². The van der Waals surface area contributed by atoms with Gasteiger partial charge in [0.05, 0.1) is 11.6 Å². The van der Waals surface area contributed by atoms with Gasteiger partial charge in [0.15, 0.2) is 16.6 Å². The molecule has 0 fully saturated rings. The average Bonchev–Trinajstić information content (AvgIpc) is 2.81. The Labute approximate surface area is 105 Å². The largest absolute Gasteiger partial charge is 0.290 e. The van der Waals surface area contributed by atoms with E-state index < -0.39 is 11.6 Å². The summed E-state index contributed by atoms with van der Waals surface area (Å²) in [7, 11) is 0. The van der Waals surface area contributed by atoms with Gasteiger partial charge in [0.1, 0.15) is 0 Å². The van der Waals surface area contributed by atoms with Gasteiger partial charge in [-0.15, -0.1) is 22.9 Å². The zero-order chi connectivity index (χ0) is 12.4. The Morgan fingerprint density at radius 3 is 2.76 bits per heavy atom. The molecule has 0 saturated heterocycles. The molecular formula is C11H6ClF2NOS. The molecule has 0 unspecified atom stereocenters. The third-order valence-corrected chi connectivity index (χ3v) is 3.21. The maximum Gasteiger partial charge on any atom is 0.206 e. The molecule has 17 heavy (non-hydrogen) atoms. The molecule has 0 aliphatic heterocycles. The van der Waals surface area contributed by atoms with Crippen LogP contribution in [0, 0.1) is 11.6 Å². The van der Waals surface area contributed by atoms with E-state index in [0.717, 1.165) is 23.5 Å². The van der Waals surface area contributed by atoms with Crippen LogP contribution in [0.5, 0.6) is 0 Å². The standard InChI is InChI=1S/C11H6ClF2NOS/c12-4-10(16)11-15-9(5-17-11)6-1-2-7(13)8(14)3-6/h1-3,5H,4H2. The van der Waals surface area contributed by atoms with Crippen LogP contribution in [-0.4, -0.2) is 16.6 Å². The first kappa shape index (κ1) is 12.1. The van der Waals surface area contributed by atoms with Crippen molar-refractivity contribution < 1.29 is 13.6 Å². The molecule has 0 spiro atoms. The fourth-order valence-electron chi connectivity index (χ4n) is 1.25. The number of nitrogens with zero attached hydrogens (tertiary/aromatic N) is 1. The highest BCUT2D eigenvalue weighted by Gasteiger charge is 2.12. The van der Waals surface area contributed by atoms with Crippen LogP contribution in [0.4, 0.5) is 8.78 Å². The summed E-state index contributed by atoms with van der Waals surface area (Å²) in [5.41, 5.74) is 0.858. The van der Waals surface area contributed by atoms with Gasteiger partial charge in [0.2, 0.25) is 5.78 Å². The molecule has 0 N–H and O–H groups in total. The number of benzene rings is 1. The summed E-state index contributed by atoms with van der Waals surface area (Å²) in [6, 6.07) is 3.47. The predicted octanol–water partition coefficient (Wildman–Crippen LogP) is 3.51. The molecule has 0 atom stereocenters.